The molecule has 6 nitrogen and oxygen atoms in total. The van der Waals surface area contributed by atoms with E-state index in [1.807, 2.05) is 0 Å². The minimum Gasteiger partial charge on any atom is -0.462 e. The van der Waals surface area contributed by atoms with Gasteiger partial charge < -0.3 is 19.7 Å². The highest BCUT2D eigenvalue weighted by Crippen LogP contribution is 2.70. The van der Waals surface area contributed by atoms with Crippen LogP contribution in [0.5, 0.6) is 0 Å². The standard InChI is InChI=1S/C25H36O6/c1-15(26)31-17-4-8-22(2)19-5-9-23(3)18(16-12-21(27)30-14-16)7-11-25(23,29)20(19)6-10-24(22,28)13-17/h12,17-20,28-29H,4-11,13-14H2,1-3H3/t17-,18+,19-,20+,22-,23-,24-,25+/m1/s1. The molecule has 0 amide bonds. The van der Waals surface area contributed by atoms with Gasteiger partial charge in [-0.05, 0) is 80.1 Å². The van der Waals surface area contributed by atoms with Crippen LogP contribution in [0.15, 0.2) is 11.6 Å². The monoisotopic (exact) mass is 432 g/mol. The minimum atomic E-state index is -0.858. The number of carbonyl (C=O) groups excluding carboxylic acids is 2. The second kappa shape index (κ2) is 6.80. The molecule has 0 unspecified atom stereocenters. The average molecular weight is 433 g/mol. The van der Waals surface area contributed by atoms with Crippen molar-refractivity contribution in [3.63, 3.8) is 0 Å². The first-order valence-electron chi connectivity index (χ1n) is 12.0. The molecule has 8 atom stereocenters. The van der Waals surface area contributed by atoms with Crippen molar-refractivity contribution < 1.29 is 29.3 Å². The first kappa shape index (κ1) is 21.4. The lowest BCUT2D eigenvalue weighted by molar-refractivity contribution is -0.256. The van der Waals surface area contributed by atoms with E-state index in [4.69, 9.17) is 9.47 Å². The molecule has 172 valence electrons. The Morgan fingerprint density at radius 1 is 1.03 bits per heavy atom. The lowest BCUT2D eigenvalue weighted by Gasteiger charge is -2.66. The summed E-state index contributed by atoms with van der Waals surface area (Å²) in [6.45, 7) is 6.21. The molecular formula is C25H36O6. The van der Waals surface area contributed by atoms with E-state index in [0.717, 1.165) is 50.5 Å². The second-order valence-electron chi connectivity index (χ2n) is 11.5. The normalized spacial score (nSPS) is 51.3. The maximum Gasteiger partial charge on any atom is 0.331 e. The third kappa shape index (κ3) is 2.83. The first-order valence-corrected chi connectivity index (χ1v) is 12.0. The van der Waals surface area contributed by atoms with Gasteiger partial charge in [-0.2, -0.15) is 0 Å². The highest BCUT2D eigenvalue weighted by atomic mass is 16.5. The first-order chi connectivity index (χ1) is 14.5. The number of ether oxygens (including phenoxy) is 2. The molecule has 5 aliphatic rings. The van der Waals surface area contributed by atoms with Crippen LogP contribution in [0, 0.1) is 28.6 Å². The van der Waals surface area contributed by atoms with Gasteiger partial charge in [-0.15, -0.1) is 0 Å². The molecule has 0 aromatic rings. The summed E-state index contributed by atoms with van der Waals surface area (Å²) in [6.07, 6.45) is 8.41. The zero-order valence-electron chi connectivity index (χ0n) is 19.0. The molecule has 0 bridgehead atoms. The molecule has 4 fully saturated rings. The molecule has 31 heavy (non-hydrogen) atoms. The quantitative estimate of drug-likeness (QED) is 0.651. The van der Waals surface area contributed by atoms with Gasteiger partial charge in [0, 0.05) is 24.8 Å². The van der Waals surface area contributed by atoms with Crippen LogP contribution in [0.2, 0.25) is 0 Å². The van der Waals surface area contributed by atoms with Gasteiger partial charge in [0.1, 0.15) is 12.7 Å². The van der Waals surface area contributed by atoms with Crippen molar-refractivity contribution in [2.75, 3.05) is 6.61 Å². The summed E-state index contributed by atoms with van der Waals surface area (Å²) in [4.78, 5) is 23.2. The third-order valence-corrected chi connectivity index (χ3v) is 10.4. The van der Waals surface area contributed by atoms with Crippen LogP contribution in [0.4, 0.5) is 0 Å². The number of hydrogen-bond acceptors (Lipinski definition) is 6. The Hall–Kier alpha value is -1.40. The molecule has 0 spiro atoms. The maximum atomic E-state index is 12.2. The predicted molar refractivity (Wildman–Crippen MR) is 113 cm³/mol. The van der Waals surface area contributed by atoms with E-state index in [9.17, 15) is 19.8 Å². The maximum absolute atomic E-state index is 12.2. The second-order valence-corrected chi connectivity index (χ2v) is 11.5. The summed E-state index contributed by atoms with van der Waals surface area (Å²) < 4.78 is 10.7. The van der Waals surface area contributed by atoms with Crippen LogP contribution in [-0.4, -0.2) is 46.1 Å². The van der Waals surface area contributed by atoms with E-state index < -0.39 is 11.2 Å². The highest BCUT2D eigenvalue weighted by molar-refractivity contribution is 5.85. The van der Waals surface area contributed by atoms with Crippen LogP contribution in [0.25, 0.3) is 0 Å². The van der Waals surface area contributed by atoms with Gasteiger partial charge in [0.15, 0.2) is 0 Å². The highest BCUT2D eigenvalue weighted by Gasteiger charge is 2.70. The van der Waals surface area contributed by atoms with Gasteiger partial charge in [-0.1, -0.05) is 13.8 Å². The zero-order chi connectivity index (χ0) is 22.2. The summed E-state index contributed by atoms with van der Waals surface area (Å²) in [5.74, 6) is 0.0252. The fourth-order valence-electron chi connectivity index (χ4n) is 8.70. The number of cyclic esters (lactones) is 1. The molecule has 5 rings (SSSR count). The molecule has 6 heteroatoms. The topological polar surface area (TPSA) is 93.1 Å². The van der Waals surface area contributed by atoms with E-state index in [2.05, 4.69) is 13.8 Å². The Balaban J connectivity index is 1.43. The lowest BCUT2D eigenvalue weighted by Crippen LogP contribution is -2.67. The van der Waals surface area contributed by atoms with Crippen LogP contribution < -0.4 is 0 Å². The summed E-state index contributed by atoms with van der Waals surface area (Å²) >= 11 is 0. The van der Waals surface area contributed by atoms with Gasteiger partial charge in [0.05, 0.1) is 11.2 Å². The molecule has 4 saturated carbocycles. The Morgan fingerprint density at radius 3 is 2.42 bits per heavy atom. The largest absolute Gasteiger partial charge is 0.462 e. The number of rotatable bonds is 2. The smallest absolute Gasteiger partial charge is 0.331 e. The van der Waals surface area contributed by atoms with Crippen molar-refractivity contribution in [1.29, 1.82) is 0 Å². The zero-order valence-corrected chi connectivity index (χ0v) is 19.0. The van der Waals surface area contributed by atoms with Gasteiger partial charge in [0.2, 0.25) is 0 Å². The van der Waals surface area contributed by atoms with E-state index in [1.165, 1.54) is 6.92 Å². The van der Waals surface area contributed by atoms with E-state index in [1.54, 1.807) is 6.08 Å². The Morgan fingerprint density at radius 2 is 1.74 bits per heavy atom. The number of aliphatic hydroxyl groups is 2. The molecule has 0 saturated heterocycles. The van der Waals surface area contributed by atoms with Crippen molar-refractivity contribution in [3.8, 4) is 0 Å². The Kier molecular flexibility index (Phi) is 4.70. The summed E-state index contributed by atoms with van der Waals surface area (Å²) in [5.41, 5.74) is -1.16. The third-order valence-electron chi connectivity index (χ3n) is 10.4. The van der Waals surface area contributed by atoms with Crippen molar-refractivity contribution in [3.05, 3.63) is 11.6 Å². The average Bonchev–Trinajstić information content (AvgIpc) is 3.22. The molecule has 0 radical (unpaired) electrons. The summed E-state index contributed by atoms with van der Waals surface area (Å²) in [6, 6.07) is 0. The van der Waals surface area contributed by atoms with Crippen molar-refractivity contribution in [2.24, 2.45) is 28.6 Å². The number of esters is 2. The van der Waals surface area contributed by atoms with E-state index in [-0.39, 0.29) is 46.6 Å². The van der Waals surface area contributed by atoms with Crippen LogP contribution in [-0.2, 0) is 19.1 Å². The summed E-state index contributed by atoms with van der Waals surface area (Å²) in [7, 11) is 0. The molecule has 1 heterocycles. The Labute approximate surface area is 184 Å². The van der Waals surface area contributed by atoms with Crippen LogP contribution >= 0.6 is 0 Å². The fraction of sp³-hybridized carbons (Fsp3) is 0.840. The van der Waals surface area contributed by atoms with Gasteiger partial charge in [-0.25, -0.2) is 4.79 Å². The predicted octanol–water partition coefficient (Wildman–Crippen LogP) is 3.29. The molecule has 1 aliphatic heterocycles. The molecule has 4 aliphatic carbocycles. The molecule has 0 aromatic heterocycles. The lowest BCUT2D eigenvalue weighted by atomic mass is 9.42. The number of hydrogen-bond donors (Lipinski definition) is 2. The van der Waals surface area contributed by atoms with Crippen molar-refractivity contribution in [2.45, 2.75) is 95.9 Å². The van der Waals surface area contributed by atoms with E-state index in [0.29, 0.717) is 19.4 Å². The van der Waals surface area contributed by atoms with Gasteiger partial charge >= 0.3 is 11.9 Å². The van der Waals surface area contributed by atoms with Crippen molar-refractivity contribution in [1.82, 2.24) is 0 Å². The van der Waals surface area contributed by atoms with Gasteiger partial charge in [0.25, 0.3) is 0 Å². The molecule has 0 aromatic carbocycles. The van der Waals surface area contributed by atoms with Crippen molar-refractivity contribution >= 4 is 11.9 Å². The SMILES string of the molecule is CC(=O)O[C@@H]1CC[C@]2(C)[C@@H]3CC[C@]4(C)[C@H](C5=CC(=O)OC5)CC[C@]4(O)[C@H]3CC[C@@]2(O)C1. The number of carbonyl (C=O) groups is 2. The van der Waals surface area contributed by atoms with E-state index >= 15 is 0 Å². The molecule has 2 N–H and O–H groups in total. The molecular weight excluding hydrogens is 396 g/mol. The van der Waals surface area contributed by atoms with Crippen LogP contribution in [0.3, 0.4) is 0 Å². The summed E-state index contributed by atoms with van der Waals surface area (Å²) in [5, 5.41) is 24.0. The minimum absolute atomic E-state index is 0.144. The number of fused-ring (bicyclic) bond motifs is 5. The fourth-order valence-corrected chi connectivity index (χ4v) is 8.70. The van der Waals surface area contributed by atoms with Crippen LogP contribution in [0.1, 0.15) is 78.6 Å². The Bertz CT molecular complexity index is 836. The van der Waals surface area contributed by atoms with Gasteiger partial charge in [-0.3, -0.25) is 4.79 Å².